The van der Waals surface area contributed by atoms with Gasteiger partial charge in [0.1, 0.15) is 6.10 Å². The average molecular weight is 370 g/mol. The third kappa shape index (κ3) is 2.27. The second kappa shape index (κ2) is 5.95. The first-order valence-electron chi connectivity index (χ1n) is 8.26. The Kier molecular flexibility index (Phi) is 3.84. The van der Waals surface area contributed by atoms with E-state index in [0.717, 1.165) is 0 Å². The number of benzene rings is 2. The average Bonchev–Trinajstić information content (AvgIpc) is 2.64. The summed E-state index contributed by atoms with van der Waals surface area (Å²) in [6.45, 7) is 1.31. The van der Waals surface area contributed by atoms with Gasteiger partial charge in [0, 0.05) is 18.9 Å². The van der Waals surface area contributed by atoms with Crippen molar-refractivity contribution in [1.29, 1.82) is 0 Å². The summed E-state index contributed by atoms with van der Waals surface area (Å²) in [5, 5.41) is 0.176. The molecule has 0 amide bonds. The van der Waals surface area contributed by atoms with Crippen LogP contribution in [-0.4, -0.2) is 23.2 Å². The monoisotopic (exact) mass is 369 g/mol. The maximum Gasteiger partial charge on any atom is 0.344 e. The van der Waals surface area contributed by atoms with Crippen molar-refractivity contribution in [3.05, 3.63) is 71.8 Å². The van der Waals surface area contributed by atoms with Crippen LogP contribution < -0.4 is 0 Å². The van der Waals surface area contributed by atoms with Crippen molar-refractivity contribution in [2.24, 2.45) is 4.99 Å². The highest BCUT2D eigenvalue weighted by Crippen LogP contribution is 2.53. The molecule has 2 aromatic rings. The van der Waals surface area contributed by atoms with E-state index in [1.165, 1.54) is 6.92 Å². The van der Waals surface area contributed by atoms with Crippen LogP contribution in [0, 0.1) is 0 Å². The number of aliphatic imine (C=N–C) groups is 1. The molecule has 0 saturated carbocycles. The minimum atomic E-state index is -1.49. The number of carbonyl (C=O) groups is 2. The lowest BCUT2D eigenvalue weighted by molar-refractivity contribution is -0.194. The van der Waals surface area contributed by atoms with E-state index in [1.54, 1.807) is 24.3 Å². The molecular formula is C20H16ClNO4. The van der Waals surface area contributed by atoms with E-state index in [-0.39, 0.29) is 11.6 Å². The zero-order valence-corrected chi connectivity index (χ0v) is 14.8. The molecule has 3 aliphatic rings. The van der Waals surface area contributed by atoms with Crippen LogP contribution in [-0.2, 0) is 30.2 Å². The number of fused-ring (bicyclic) bond motifs is 2. The number of hydrogen-bond donors (Lipinski definition) is 0. The second-order valence-electron chi connectivity index (χ2n) is 6.42. The van der Waals surface area contributed by atoms with Gasteiger partial charge in [-0.2, -0.15) is 0 Å². The zero-order chi connectivity index (χ0) is 18.4. The fourth-order valence-electron chi connectivity index (χ4n) is 3.70. The van der Waals surface area contributed by atoms with Gasteiger partial charge in [0.2, 0.25) is 5.54 Å². The Morgan fingerprint density at radius 1 is 1.12 bits per heavy atom. The Morgan fingerprint density at radius 3 is 2.27 bits per heavy atom. The Bertz CT molecular complexity index is 899. The Morgan fingerprint density at radius 2 is 1.69 bits per heavy atom. The predicted molar refractivity (Wildman–Crippen MR) is 95.8 cm³/mol. The molecule has 0 unspecified atom stereocenters. The van der Waals surface area contributed by atoms with E-state index < -0.39 is 29.2 Å². The number of rotatable bonds is 3. The quantitative estimate of drug-likeness (QED) is 0.778. The highest BCUT2D eigenvalue weighted by molar-refractivity contribution is 6.67. The van der Waals surface area contributed by atoms with Gasteiger partial charge in [-0.05, 0) is 5.56 Å². The molecule has 5 rings (SSSR count). The van der Waals surface area contributed by atoms with Gasteiger partial charge in [0.05, 0.1) is 0 Å². The van der Waals surface area contributed by atoms with Gasteiger partial charge in [-0.3, -0.25) is 4.79 Å². The Hall–Kier alpha value is -2.66. The van der Waals surface area contributed by atoms with Gasteiger partial charge in [-0.1, -0.05) is 72.3 Å². The van der Waals surface area contributed by atoms with Gasteiger partial charge in [0.25, 0.3) is 0 Å². The first kappa shape index (κ1) is 16.8. The summed E-state index contributed by atoms with van der Waals surface area (Å²) < 4.78 is 11.4. The number of ether oxygens (including phenoxy) is 2. The summed E-state index contributed by atoms with van der Waals surface area (Å²) in [7, 11) is 0. The lowest BCUT2D eigenvalue weighted by Crippen LogP contribution is -2.64. The molecule has 0 radical (unpaired) electrons. The van der Waals surface area contributed by atoms with Gasteiger partial charge >= 0.3 is 11.9 Å². The van der Waals surface area contributed by atoms with E-state index in [2.05, 4.69) is 4.99 Å². The first-order chi connectivity index (χ1) is 12.5. The molecule has 132 valence electrons. The fraction of sp³-hybridized carbons (Fsp3) is 0.250. The number of esters is 2. The third-order valence-electron chi connectivity index (χ3n) is 4.89. The van der Waals surface area contributed by atoms with E-state index in [9.17, 15) is 9.59 Å². The van der Waals surface area contributed by atoms with Gasteiger partial charge in [-0.15, -0.1) is 0 Å². The minimum Gasteiger partial charge on any atom is -0.459 e. The topological polar surface area (TPSA) is 65.0 Å². The predicted octanol–water partition coefficient (Wildman–Crippen LogP) is 3.31. The van der Waals surface area contributed by atoms with E-state index >= 15 is 0 Å². The van der Waals surface area contributed by atoms with Gasteiger partial charge in [-0.25, -0.2) is 9.79 Å². The number of halogens is 1. The van der Waals surface area contributed by atoms with Crippen molar-refractivity contribution in [3.8, 4) is 0 Å². The Labute approximate surface area is 155 Å². The van der Waals surface area contributed by atoms with Crippen molar-refractivity contribution in [1.82, 2.24) is 0 Å². The molecule has 1 fully saturated rings. The van der Waals surface area contributed by atoms with Crippen molar-refractivity contribution in [2.75, 3.05) is 0 Å². The van der Waals surface area contributed by atoms with Crippen molar-refractivity contribution in [3.63, 3.8) is 0 Å². The normalized spacial score (nSPS) is 29.7. The lowest BCUT2D eigenvalue weighted by Gasteiger charge is -2.51. The molecule has 0 aromatic heterocycles. The maximum atomic E-state index is 13.1. The van der Waals surface area contributed by atoms with Crippen molar-refractivity contribution in [2.45, 2.75) is 30.6 Å². The smallest absolute Gasteiger partial charge is 0.344 e. The van der Waals surface area contributed by atoms with Crippen LogP contribution in [0.2, 0.25) is 0 Å². The van der Waals surface area contributed by atoms with E-state index in [1.807, 2.05) is 36.4 Å². The molecular weight excluding hydrogens is 354 g/mol. The molecule has 6 heteroatoms. The molecule has 2 aromatic carbocycles. The van der Waals surface area contributed by atoms with E-state index in [0.29, 0.717) is 11.1 Å². The number of hydrogen-bond acceptors (Lipinski definition) is 5. The van der Waals surface area contributed by atoms with Crippen LogP contribution in [0.4, 0.5) is 0 Å². The Balaban J connectivity index is 1.94. The van der Waals surface area contributed by atoms with Crippen LogP contribution in [0.3, 0.4) is 0 Å². The summed E-state index contributed by atoms with van der Waals surface area (Å²) in [5.41, 5.74) is -1.45. The summed E-state index contributed by atoms with van der Waals surface area (Å²) in [4.78, 5) is 29.4. The fourth-order valence-corrected chi connectivity index (χ4v) is 4.06. The molecule has 3 heterocycles. The summed E-state index contributed by atoms with van der Waals surface area (Å²) in [6.07, 6.45) is -0.606. The minimum absolute atomic E-state index is 0.176. The van der Waals surface area contributed by atoms with Crippen LogP contribution in [0.1, 0.15) is 24.5 Å². The molecule has 0 N–H and O–H groups in total. The van der Waals surface area contributed by atoms with E-state index in [4.69, 9.17) is 21.1 Å². The highest BCUT2D eigenvalue weighted by Gasteiger charge is 2.66. The molecule has 1 saturated heterocycles. The van der Waals surface area contributed by atoms with Crippen LogP contribution in [0.5, 0.6) is 0 Å². The van der Waals surface area contributed by atoms with Crippen molar-refractivity contribution < 1.29 is 19.1 Å². The van der Waals surface area contributed by atoms with Gasteiger partial charge < -0.3 is 9.47 Å². The SMILES string of the molecule is CC(=O)O[C@H]1C[C@]2(c3ccccc3)OC(=O)[C@@]1(c1ccccc1)N=C2Cl. The summed E-state index contributed by atoms with van der Waals surface area (Å²) in [6, 6.07) is 18.1. The molecule has 26 heavy (non-hydrogen) atoms. The van der Waals surface area contributed by atoms with Crippen LogP contribution in [0.25, 0.3) is 0 Å². The lowest BCUT2D eigenvalue weighted by atomic mass is 9.71. The standard InChI is InChI=1S/C20H16ClNO4/c1-13(23)25-16-12-19(14-8-4-2-5-9-14)17(21)22-20(16,18(24)26-19)15-10-6-3-7-11-15/h2-11,16H,12H2,1H3/t16-,19+,20-/m0/s1. The second-order valence-corrected chi connectivity index (χ2v) is 6.78. The molecule has 5 nitrogen and oxygen atoms in total. The zero-order valence-electron chi connectivity index (χ0n) is 14.0. The largest absolute Gasteiger partial charge is 0.459 e. The highest BCUT2D eigenvalue weighted by atomic mass is 35.5. The first-order valence-corrected chi connectivity index (χ1v) is 8.64. The third-order valence-corrected chi connectivity index (χ3v) is 5.28. The van der Waals surface area contributed by atoms with Crippen LogP contribution >= 0.6 is 11.6 Å². The summed E-state index contributed by atoms with van der Waals surface area (Å²) in [5.74, 6) is -1.06. The van der Waals surface area contributed by atoms with Crippen molar-refractivity contribution >= 4 is 28.7 Å². The number of carbonyl (C=O) groups excluding carboxylic acids is 2. The molecule has 0 aliphatic carbocycles. The summed E-state index contributed by atoms with van der Waals surface area (Å²) >= 11 is 6.54. The molecule has 0 spiro atoms. The number of nitrogens with zero attached hydrogens (tertiary/aromatic N) is 1. The molecule has 2 bridgehead atoms. The molecule has 3 aliphatic heterocycles. The molecule has 3 atom stereocenters. The maximum absolute atomic E-state index is 13.1. The van der Waals surface area contributed by atoms with Gasteiger partial charge in [0.15, 0.2) is 10.8 Å². The van der Waals surface area contributed by atoms with Crippen LogP contribution in [0.15, 0.2) is 65.7 Å².